The number of benzene rings is 1. The molecule has 0 heterocycles. The number of carbonyl (C=O) groups excluding carboxylic acids is 1. The normalized spacial score (nSPS) is 11.7. The first-order valence-corrected chi connectivity index (χ1v) is 5.96. The number of amides is 2. The van der Waals surface area contributed by atoms with Crippen LogP contribution in [0.2, 0.25) is 5.02 Å². The minimum Gasteiger partial charge on any atom is -0.480 e. The minimum absolute atomic E-state index is 0.392. The molecule has 1 atom stereocenters. The van der Waals surface area contributed by atoms with E-state index in [1.54, 1.807) is 24.3 Å². The van der Waals surface area contributed by atoms with Crippen LogP contribution in [-0.2, 0) is 4.79 Å². The predicted octanol–water partition coefficient (Wildman–Crippen LogP) is 2.71. The van der Waals surface area contributed by atoms with Crippen LogP contribution in [0.5, 0.6) is 0 Å². The molecule has 3 N–H and O–H groups in total. The van der Waals surface area contributed by atoms with Crippen LogP contribution in [0, 0.1) is 0 Å². The lowest BCUT2D eigenvalue weighted by atomic mass is 10.2. The summed E-state index contributed by atoms with van der Waals surface area (Å²) in [5.41, 5.74) is 0.553. The summed E-state index contributed by atoms with van der Waals surface area (Å²) >= 11 is 5.71. The lowest BCUT2D eigenvalue weighted by molar-refractivity contribution is -0.139. The van der Waals surface area contributed by atoms with E-state index in [0.717, 1.165) is 0 Å². The molecule has 6 heteroatoms. The number of aliphatic carboxylic acids is 1. The summed E-state index contributed by atoms with van der Waals surface area (Å²) in [6, 6.07) is 5.13. The van der Waals surface area contributed by atoms with Gasteiger partial charge < -0.3 is 15.7 Å². The van der Waals surface area contributed by atoms with Gasteiger partial charge in [0.25, 0.3) is 0 Å². The monoisotopic (exact) mass is 270 g/mol. The summed E-state index contributed by atoms with van der Waals surface area (Å²) in [7, 11) is 0. The Morgan fingerprint density at radius 2 is 1.94 bits per heavy atom. The first kappa shape index (κ1) is 14.3. The molecule has 0 bridgehead atoms. The van der Waals surface area contributed by atoms with Crippen molar-refractivity contribution in [2.24, 2.45) is 0 Å². The van der Waals surface area contributed by atoms with E-state index in [1.807, 2.05) is 6.92 Å². The number of carboxylic acid groups (broad SMARTS) is 1. The fourth-order valence-electron chi connectivity index (χ4n) is 1.40. The van der Waals surface area contributed by atoms with E-state index in [4.69, 9.17) is 16.7 Å². The maximum atomic E-state index is 11.6. The molecule has 0 aliphatic carbocycles. The number of halogens is 1. The summed E-state index contributed by atoms with van der Waals surface area (Å²) in [5, 5.41) is 14.4. The van der Waals surface area contributed by atoms with Gasteiger partial charge in [0, 0.05) is 10.7 Å². The highest BCUT2D eigenvalue weighted by molar-refractivity contribution is 6.30. The Labute approximate surface area is 110 Å². The van der Waals surface area contributed by atoms with Crippen LogP contribution in [0.4, 0.5) is 10.5 Å². The number of hydrogen-bond donors (Lipinski definition) is 3. The quantitative estimate of drug-likeness (QED) is 0.770. The van der Waals surface area contributed by atoms with E-state index < -0.39 is 18.0 Å². The van der Waals surface area contributed by atoms with Gasteiger partial charge in [0.15, 0.2) is 0 Å². The van der Waals surface area contributed by atoms with E-state index in [2.05, 4.69) is 10.6 Å². The van der Waals surface area contributed by atoms with Gasteiger partial charge in [-0.05, 0) is 30.7 Å². The zero-order chi connectivity index (χ0) is 13.5. The summed E-state index contributed by atoms with van der Waals surface area (Å²) in [4.78, 5) is 22.4. The van der Waals surface area contributed by atoms with E-state index in [1.165, 1.54) is 0 Å². The second kappa shape index (κ2) is 6.86. The molecule has 0 aliphatic rings. The van der Waals surface area contributed by atoms with E-state index in [-0.39, 0.29) is 0 Å². The Hall–Kier alpha value is -1.75. The molecule has 98 valence electrons. The molecular formula is C12H15ClN2O3. The van der Waals surface area contributed by atoms with Gasteiger partial charge in [-0.3, -0.25) is 0 Å². The highest BCUT2D eigenvalue weighted by Crippen LogP contribution is 2.13. The number of nitrogens with one attached hydrogen (secondary N) is 2. The van der Waals surface area contributed by atoms with Gasteiger partial charge in [0.2, 0.25) is 0 Å². The molecule has 0 saturated heterocycles. The van der Waals surface area contributed by atoms with Crippen molar-refractivity contribution in [3.63, 3.8) is 0 Å². The third-order valence-electron chi connectivity index (χ3n) is 2.28. The number of rotatable bonds is 5. The average Bonchev–Trinajstić information content (AvgIpc) is 2.31. The SMILES string of the molecule is CCC[C@H](NC(=O)Nc1ccc(Cl)cc1)C(=O)O. The second-order valence-electron chi connectivity index (χ2n) is 3.78. The molecule has 2 amide bonds. The van der Waals surface area contributed by atoms with Crippen LogP contribution in [0.1, 0.15) is 19.8 Å². The Morgan fingerprint density at radius 3 is 2.44 bits per heavy atom. The Morgan fingerprint density at radius 1 is 1.33 bits per heavy atom. The van der Waals surface area contributed by atoms with E-state index in [9.17, 15) is 9.59 Å². The molecule has 0 spiro atoms. The third kappa shape index (κ3) is 4.63. The summed E-state index contributed by atoms with van der Waals surface area (Å²) < 4.78 is 0. The molecule has 0 aliphatic heterocycles. The first-order chi connectivity index (χ1) is 8.52. The molecule has 1 aromatic carbocycles. The van der Waals surface area contributed by atoms with E-state index >= 15 is 0 Å². The van der Waals surface area contributed by atoms with Gasteiger partial charge in [-0.25, -0.2) is 9.59 Å². The molecule has 1 aromatic rings. The number of carboxylic acids is 1. The van der Waals surface area contributed by atoms with Crippen molar-refractivity contribution >= 4 is 29.3 Å². The van der Waals surface area contributed by atoms with Gasteiger partial charge >= 0.3 is 12.0 Å². The molecule has 0 radical (unpaired) electrons. The lowest BCUT2D eigenvalue weighted by Gasteiger charge is -2.14. The Kier molecular flexibility index (Phi) is 5.45. The fraction of sp³-hybridized carbons (Fsp3) is 0.333. The van der Waals surface area contributed by atoms with Gasteiger partial charge in [0.1, 0.15) is 6.04 Å². The molecule has 0 fully saturated rings. The summed E-state index contributed by atoms with van der Waals surface area (Å²) in [6.45, 7) is 1.86. The molecule has 18 heavy (non-hydrogen) atoms. The number of carbonyl (C=O) groups is 2. The van der Waals surface area contributed by atoms with Crippen LogP contribution in [0.3, 0.4) is 0 Å². The molecule has 1 rings (SSSR count). The van der Waals surface area contributed by atoms with Crippen molar-refractivity contribution in [2.45, 2.75) is 25.8 Å². The number of urea groups is 1. The van der Waals surface area contributed by atoms with Crippen molar-refractivity contribution in [1.29, 1.82) is 0 Å². The zero-order valence-electron chi connectivity index (χ0n) is 9.94. The van der Waals surface area contributed by atoms with Crippen molar-refractivity contribution in [3.8, 4) is 0 Å². The van der Waals surface area contributed by atoms with Crippen molar-refractivity contribution < 1.29 is 14.7 Å². The molecule has 0 aromatic heterocycles. The fourth-order valence-corrected chi connectivity index (χ4v) is 1.53. The van der Waals surface area contributed by atoms with Gasteiger partial charge in [-0.2, -0.15) is 0 Å². The molecule has 5 nitrogen and oxygen atoms in total. The average molecular weight is 271 g/mol. The van der Waals surface area contributed by atoms with Crippen LogP contribution in [0.25, 0.3) is 0 Å². The van der Waals surface area contributed by atoms with Gasteiger partial charge in [0.05, 0.1) is 0 Å². The second-order valence-corrected chi connectivity index (χ2v) is 4.22. The van der Waals surface area contributed by atoms with Crippen molar-refractivity contribution in [2.75, 3.05) is 5.32 Å². The Balaban J connectivity index is 2.54. The Bertz CT molecular complexity index is 420. The van der Waals surface area contributed by atoms with Crippen molar-refractivity contribution in [1.82, 2.24) is 5.32 Å². The largest absolute Gasteiger partial charge is 0.480 e. The van der Waals surface area contributed by atoms with Crippen LogP contribution in [0.15, 0.2) is 24.3 Å². The molecule has 0 unspecified atom stereocenters. The molecule has 0 saturated carbocycles. The summed E-state index contributed by atoms with van der Waals surface area (Å²) in [6.07, 6.45) is 1.07. The van der Waals surface area contributed by atoms with Crippen LogP contribution >= 0.6 is 11.6 Å². The third-order valence-corrected chi connectivity index (χ3v) is 2.53. The lowest BCUT2D eigenvalue weighted by Crippen LogP contribution is -2.42. The predicted molar refractivity (Wildman–Crippen MR) is 69.9 cm³/mol. The maximum Gasteiger partial charge on any atom is 0.326 e. The van der Waals surface area contributed by atoms with Gasteiger partial charge in [-0.1, -0.05) is 24.9 Å². The topological polar surface area (TPSA) is 78.4 Å². The van der Waals surface area contributed by atoms with Crippen LogP contribution < -0.4 is 10.6 Å². The minimum atomic E-state index is -1.04. The van der Waals surface area contributed by atoms with Crippen molar-refractivity contribution in [3.05, 3.63) is 29.3 Å². The summed E-state index contributed by atoms with van der Waals surface area (Å²) in [5.74, 6) is -1.04. The highest BCUT2D eigenvalue weighted by Gasteiger charge is 2.18. The van der Waals surface area contributed by atoms with Crippen LogP contribution in [-0.4, -0.2) is 23.1 Å². The highest BCUT2D eigenvalue weighted by atomic mass is 35.5. The van der Waals surface area contributed by atoms with Gasteiger partial charge in [-0.15, -0.1) is 0 Å². The first-order valence-electron chi connectivity index (χ1n) is 5.58. The smallest absolute Gasteiger partial charge is 0.326 e. The molecular weight excluding hydrogens is 256 g/mol. The standard InChI is InChI=1S/C12H15ClN2O3/c1-2-3-10(11(16)17)15-12(18)14-9-6-4-8(13)5-7-9/h4-7,10H,2-3H2,1H3,(H,16,17)(H2,14,15,18)/t10-/m0/s1. The zero-order valence-corrected chi connectivity index (χ0v) is 10.7. The number of anilines is 1. The number of hydrogen-bond acceptors (Lipinski definition) is 2. The van der Waals surface area contributed by atoms with E-state index in [0.29, 0.717) is 23.6 Å². The maximum absolute atomic E-state index is 11.6.